The molecule has 0 radical (unpaired) electrons. The molecule has 86 valence electrons. The van der Waals surface area contributed by atoms with E-state index in [1.807, 2.05) is 18.2 Å². The molecule has 1 aliphatic heterocycles. The van der Waals surface area contributed by atoms with Crippen LogP contribution in [0.3, 0.4) is 0 Å². The first-order valence-electron chi connectivity index (χ1n) is 5.85. The summed E-state index contributed by atoms with van der Waals surface area (Å²) in [4.78, 5) is 0. The van der Waals surface area contributed by atoms with Crippen LogP contribution in [0.2, 0.25) is 0 Å². The Bertz CT molecular complexity index is 410. The zero-order valence-corrected chi connectivity index (χ0v) is 10.7. The third-order valence-corrected chi connectivity index (χ3v) is 4.23. The Hall–Kier alpha value is -0.540. The Kier molecular flexibility index (Phi) is 2.48. The molecular formula is C13H15BrO2. The van der Waals surface area contributed by atoms with Crippen molar-refractivity contribution in [3.8, 4) is 5.75 Å². The van der Waals surface area contributed by atoms with Gasteiger partial charge in [-0.1, -0.05) is 22.0 Å². The molecule has 16 heavy (non-hydrogen) atoms. The molecule has 0 aromatic heterocycles. The second kappa shape index (κ2) is 3.74. The Morgan fingerprint density at radius 1 is 1.31 bits per heavy atom. The molecule has 3 rings (SSSR count). The smallest absolute Gasteiger partial charge is 0.127 e. The van der Waals surface area contributed by atoms with Gasteiger partial charge in [0.05, 0.1) is 6.10 Å². The van der Waals surface area contributed by atoms with Gasteiger partial charge in [0.1, 0.15) is 11.4 Å². The quantitative estimate of drug-likeness (QED) is 0.788. The fourth-order valence-corrected chi connectivity index (χ4v) is 3.27. The highest BCUT2D eigenvalue weighted by Gasteiger charge is 2.42. The molecule has 1 aromatic rings. The predicted octanol–water partition coefficient (Wildman–Crippen LogP) is 3.58. The van der Waals surface area contributed by atoms with Crippen LogP contribution in [0, 0.1) is 0 Å². The van der Waals surface area contributed by atoms with Gasteiger partial charge in [-0.25, -0.2) is 0 Å². The predicted molar refractivity (Wildman–Crippen MR) is 65.5 cm³/mol. The van der Waals surface area contributed by atoms with E-state index in [-0.39, 0.29) is 11.7 Å². The maximum absolute atomic E-state index is 10.2. The molecule has 2 aliphatic rings. The SMILES string of the molecule is O[C@@H]1CC2(CCCC2)Oc2cc(Br)ccc21. The van der Waals surface area contributed by atoms with Crippen molar-refractivity contribution < 1.29 is 9.84 Å². The van der Waals surface area contributed by atoms with Crippen LogP contribution in [0.1, 0.15) is 43.8 Å². The zero-order valence-electron chi connectivity index (χ0n) is 9.08. The fraction of sp³-hybridized carbons (Fsp3) is 0.538. The first-order chi connectivity index (χ1) is 7.69. The van der Waals surface area contributed by atoms with E-state index in [0.29, 0.717) is 0 Å². The number of ether oxygens (including phenoxy) is 1. The lowest BCUT2D eigenvalue weighted by Crippen LogP contribution is -2.38. The number of aliphatic hydroxyl groups excluding tert-OH is 1. The van der Waals surface area contributed by atoms with Gasteiger partial charge in [-0.15, -0.1) is 0 Å². The molecule has 1 saturated carbocycles. The van der Waals surface area contributed by atoms with E-state index < -0.39 is 0 Å². The molecule has 1 aromatic carbocycles. The summed E-state index contributed by atoms with van der Waals surface area (Å²) < 4.78 is 7.15. The van der Waals surface area contributed by atoms with Crippen molar-refractivity contribution >= 4 is 15.9 Å². The summed E-state index contributed by atoms with van der Waals surface area (Å²) in [6.07, 6.45) is 4.98. The average molecular weight is 283 g/mol. The number of benzene rings is 1. The van der Waals surface area contributed by atoms with Gasteiger partial charge in [-0.05, 0) is 37.8 Å². The van der Waals surface area contributed by atoms with Gasteiger partial charge in [0.25, 0.3) is 0 Å². The molecular weight excluding hydrogens is 268 g/mol. The first-order valence-corrected chi connectivity index (χ1v) is 6.64. The minimum absolute atomic E-state index is 0.0901. The van der Waals surface area contributed by atoms with E-state index in [9.17, 15) is 5.11 Å². The van der Waals surface area contributed by atoms with Crippen molar-refractivity contribution in [3.05, 3.63) is 28.2 Å². The summed E-state index contributed by atoms with van der Waals surface area (Å²) in [5, 5.41) is 10.2. The Balaban J connectivity index is 2.00. The van der Waals surface area contributed by atoms with Crippen LogP contribution in [0.25, 0.3) is 0 Å². The van der Waals surface area contributed by atoms with Crippen LogP contribution >= 0.6 is 15.9 Å². The summed E-state index contributed by atoms with van der Waals surface area (Å²) in [6.45, 7) is 0. The van der Waals surface area contributed by atoms with Gasteiger partial charge in [-0.2, -0.15) is 0 Å². The third-order valence-electron chi connectivity index (χ3n) is 3.74. The fourth-order valence-electron chi connectivity index (χ4n) is 2.93. The van der Waals surface area contributed by atoms with Crippen LogP contribution < -0.4 is 4.74 Å². The van der Waals surface area contributed by atoms with Crippen molar-refractivity contribution in [2.75, 3.05) is 0 Å². The Morgan fingerprint density at radius 3 is 2.81 bits per heavy atom. The summed E-state index contributed by atoms with van der Waals surface area (Å²) in [5.41, 5.74) is 0.841. The number of hydrogen-bond acceptors (Lipinski definition) is 2. The van der Waals surface area contributed by atoms with Crippen molar-refractivity contribution in [2.45, 2.75) is 43.8 Å². The van der Waals surface area contributed by atoms with Crippen LogP contribution in [0.4, 0.5) is 0 Å². The normalized spacial score (nSPS) is 26.5. The molecule has 1 fully saturated rings. The summed E-state index contributed by atoms with van der Waals surface area (Å²) in [5.74, 6) is 0.857. The van der Waals surface area contributed by atoms with E-state index in [1.54, 1.807) is 0 Å². The topological polar surface area (TPSA) is 29.5 Å². The molecule has 0 unspecified atom stereocenters. The van der Waals surface area contributed by atoms with Crippen molar-refractivity contribution in [1.29, 1.82) is 0 Å². The first kappa shape index (κ1) is 10.6. The molecule has 0 bridgehead atoms. The molecule has 1 atom stereocenters. The van der Waals surface area contributed by atoms with Gasteiger partial charge in [-0.3, -0.25) is 0 Å². The summed E-state index contributed by atoms with van der Waals surface area (Å²) in [7, 11) is 0. The third kappa shape index (κ3) is 1.66. The maximum atomic E-state index is 10.2. The lowest BCUT2D eigenvalue weighted by molar-refractivity contribution is -0.00943. The van der Waals surface area contributed by atoms with Gasteiger partial charge in [0.15, 0.2) is 0 Å². The van der Waals surface area contributed by atoms with Crippen LogP contribution in [-0.2, 0) is 0 Å². The van der Waals surface area contributed by atoms with Crippen LogP contribution in [0.15, 0.2) is 22.7 Å². The average Bonchev–Trinajstić information content (AvgIpc) is 2.65. The van der Waals surface area contributed by atoms with Gasteiger partial charge >= 0.3 is 0 Å². The van der Waals surface area contributed by atoms with Crippen molar-refractivity contribution in [2.24, 2.45) is 0 Å². The molecule has 2 nitrogen and oxygen atoms in total. The second-order valence-electron chi connectivity index (χ2n) is 4.89. The van der Waals surface area contributed by atoms with Crippen LogP contribution in [0.5, 0.6) is 5.75 Å². The molecule has 0 saturated heterocycles. The Morgan fingerprint density at radius 2 is 2.06 bits per heavy atom. The second-order valence-corrected chi connectivity index (χ2v) is 5.81. The van der Waals surface area contributed by atoms with Crippen molar-refractivity contribution in [1.82, 2.24) is 0 Å². The zero-order chi connectivity index (χ0) is 11.2. The number of rotatable bonds is 0. The molecule has 1 spiro atoms. The van der Waals surface area contributed by atoms with E-state index in [2.05, 4.69) is 15.9 Å². The highest BCUT2D eigenvalue weighted by atomic mass is 79.9. The van der Waals surface area contributed by atoms with E-state index in [0.717, 1.165) is 35.0 Å². The summed E-state index contributed by atoms with van der Waals surface area (Å²) in [6, 6.07) is 5.88. The highest BCUT2D eigenvalue weighted by molar-refractivity contribution is 9.10. The molecule has 1 heterocycles. The summed E-state index contributed by atoms with van der Waals surface area (Å²) >= 11 is 3.45. The minimum atomic E-state index is -0.366. The van der Waals surface area contributed by atoms with Crippen molar-refractivity contribution in [3.63, 3.8) is 0 Å². The lowest BCUT2D eigenvalue weighted by Gasteiger charge is -2.38. The van der Waals surface area contributed by atoms with E-state index in [4.69, 9.17) is 4.74 Å². The number of aliphatic hydroxyl groups is 1. The van der Waals surface area contributed by atoms with Gasteiger partial charge in [0, 0.05) is 16.5 Å². The van der Waals surface area contributed by atoms with E-state index in [1.165, 1.54) is 12.8 Å². The molecule has 3 heteroatoms. The minimum Gasteiger partial charge on any atom is -0.487 e. The number of halogens is 1. The largest absolute Gasteiger partial charge is 0.487 e. The monoisotopic (exact) mass is 282 g/mol. The molecule has 0 amide bonds. The Labute approximate surface area is 104 Å². The van der Waals surface area contributed by atoms with Gasteiger partial charge in [0.2, 0.25) is 0 Å². The van der Waals surface area contributed by atoms with Crippen LogP contribution in [-0.4, -0.2) is 10.7 Å². The maximum Gasteiger partial charge on any atom is 0.127 e. The standard InChI is InChI=1S/C13H15BrO2/c14-9-3-4-10-11(15)8-13(5-1-2-6-13)16-12(10)7-9/h3-4,7,11,15H,1-2,5-6,8H2/t11-/m1/s1. The molecule has 1 aliphatic carbocycles. The number of fused-ring (bicyclic) bond motifs is 1. The van der Waals surface area contributed by atoms with Gasteiger partial charge < -0.3 is 9.84 Å². The lowest BCUT2D eigenvalue weighted by atomic mass is 9.87. The van der Waals surface area contributed by atoms with E-state index >= 15 is 0 Å². The molecule has 1 N–H and O–H groups in total. The highest BCUT2D eigenvalue weighted by Crippen LogP contribution is 2.47. The number of hydrogen-bond donors (Lipinski definition) is 1.